The molecule has 0 saturated carbocycles. The van der Waals surface area contributed by atoms with Crippen LogP contribution >= 0.6 is 0 Å². The molecule has 118 valence electrons. The molecule has 1 aliphatic heterocycles. The Hall–Kier alpha value is -1.11. The Morgan fingerprint density at radius 3 is 2.43 bits per heavy atom. The topological polar surface area (TPSA) is 35.5 Å². The normalized spacial score (nSPS) is 20.8. The third kappa shape index (κ3) is 3.39. The lowest BCUT2D eigenvalue weighted by atomic mass is 9.86. The first-order valence-electron chi connectivity index (χ1n) is 7.13. The van der Waals surface area contributed by atoms with E-state index in [-0.39, 0.29) is 12.2 Å². The molecule has 0 aliphatic carbocycles. The molecule has 1 fully saturated rings. The molecule has 1 heterocycles. The van der Waals surface area contributed by atoms with E-state index in [0.717, 1.165) is 19.0 Å². The van der Waals surface area contributed by atoms with Gasteiger partial charge >= 0.3 is 6.18 Å². The van der Waals surface area contributed by atoms with E-state index in [4.69, 9.17) is 0 Å². The highest BCUT2D eigenvalue weighted by Gasteiger charge is 2.41. The van der Waals surface area contributed by atoms with Gasteiger partial charge in [-0.3, -0.25) is 4.90 Å². The van der Waals surface area contributed by atoms with Crippen LogP contribution in [0.3, 0.4) is 0 Å². The number of nitrogens with one attached hydrogen (secondary N) is 1. The number of alkyl halides is 3. The summed E-state index contributed by atoms with van der Waals surface area (Å²) in [7, 11) is 0. The molecule has 0 bridgehead atoms. The zero-order chi connectivity index (χ0) is 15.5. The van der Waals surface area contributed by atoms with Crippen LogP contribution in [-0.2, 0) is 11.7 Å². The quantitative estimate of drug-likeness (QED) is 0.898. The highest BCUT2D eigenvalue weighted by molar-refractivity contribution is 5.35. The number of benzene rings is 1. The van der Waals surface area contributed by atoms with Crippen LogP contribution in [0.1, 0.15) is 24.5 Å². The molecule has 0 spiro atoms. The number of nitrogens with zero attached hydrogens (tertiary/aromatic N) is 1. The smallest absolute Gasteiger partial charge is 0.394 e. The molecule has 1 aliphatic rings. The van der Waals surface area contributed by atoms with Gasteiger partial charge in [0.15, 0.2) is 0 Å². The van der Waals surface area contributed by atoms with E-state index in [1.54, 1.807) is 13.0 Å². The molecule has 6 heteroatoms. The second-order valence-corrected chi connectivity index (χ2v) is 5.57. The van der Waals surface area contributed by atoms with Crippen LogP contribution in [0.2, 0.25) is 0 Å². The highest BCUT2D eigenvalue weighted by atomic mass is 19.4. The maximum atomic E-state index is 13.2. The molecule has 21 heavy (non-hydrogen) atoms. The van der Waals surface area contributed by atoms with E-state index in [9.17, 15) is 18.3 Å². The summed E-state index contributed by atoms with van der Waals surface area (Å²) in [5.41, 5.74) is -1.56. The van der Waals surface area contributed by atoms with Crippen molar-refractivity contribution in [3.8, 4) is 0 Å². The Labute approximate surface area is 122 Å². The monoisotopic (exact) mass is 302 g/mol. The van der Waals surface area contributed by atoms with E-state index in [2.05, 4.69) is 5.32 Å². The van der Waals surface area contributed by atoms with E-state index >= 15 is 0 Å². The highest BCUT2D eigenvalue weighted by Crippen LogP contribution is 2.39. The van der Waals surface area contributed by atoms with Crippen LogP contribution in [0.25, 0.3) is 0 Å². The third-order valence-electron chi connectivity index (χ3n) is 4.16. The van der Waals surface area contributed by atoms with Crippen molar-refractivity contribution in [2.45, 2.75) is 25.1 Å². The SMILES string of the molecule is CC(CO)(c1ccccc1C(F)(F)F)N1CCCNCC1. The molecule has 0 radical (unpaired) electrons. The number of halogens is 3. The summed E-state index contributed by atoms with van der Waals surface area (Å²) in [6, 6.07) is 5.53. The lowest BCUT2D eigenvalue weighted by Crippen LogP contribution is -2.49. The van der Waals surface area contributed by atoms with E-state index in [0.29, 0.717) is 19.6 Å². The fourth-order valence-electron chi connectivity index (χ4n) is 2.89. The maximum absolute atomic E-state index is 13.2. The van der Waals surface area contributed by atoms with Gasteiger partial charge in [0, 0.05) is 19.6 Å². The fraction of sp³-hybridized carbons (Fsp3) is 0.600. The summed E-state index contributed by atoms with van der Waals surface area (Å²) in [6.45, 7) is 4.17. The molecule has 3 nitrogen and oxygen atoms in total. The summed E-state index contributed by atoms with van der Waals surface area (Å²) in [6.07, 6.45) is -3.57. The average Bonchev–Trinajstić information content (AvgIpc) is 2.75. The molecule has 1 atom stereocenters. The van der Waals surface area contributed by atoms with Gasteiger partial charge in [-0.15, -0.1) is 0 Å². The van der Waals surface area contributed by atoms with Crippen LogP contribution < -0.4 is 5.32 Å². The van der Waals surface area contributed by atoms with Crippen LogP contribution in [0.5, 0.6) is 0 Å². The van der Waals surface area contributed by atoms with Gasteiger partial charge < -0.3 is 10.4 Å². The zero-order valence-corrected chi connectivity index (χ0v) is 12.1. The summed E-state index contributed by atoms with van der Waals surface area (Å²) < 4.78 is 39.7. The van der Waals surface area contributed by atoms with Gasteiger partial charge in [-0.1, -0.05) is 18.2 Å². The molecule has 0 amide bonds. The predicted molar refractivity (Wildman–Crippen MR) is 74.9 cm³/mol. The summed E-state index contributed by atoms with van der Waals surface area (Å²) in [4.78, 5) is 1.94. The average molecular weight is 302 g/mol. The molecular formula is C15H21F3N2O. The van der Waals surface area contributed by atoms with Crippen molar-refractivity contribution in [3.05, 3.63) is 35.4 Å². The maximum Gasteiger partial charge on any atom is 0.416 e. The molecular weight excluding hydrogens is 281 g/mol. The predicted octanol–water partition coefficient (Wildman–Crippen LogP) is 2.21. The number of aliphatic hydroxyl groups is 1. The Kier molecular flexibility index (Phi) is 4.91. The van der Waals surface area contributed by atoms with Crippen LogP contribution in [0, 0.1) is 0 Å². The molecule has 1 saturated heterocycles. The largest absolute Gasteiger partial charge is 0.416 e. The van der Waals surface area contributed by atoms with Gasteiger partial charge in [-0.2, -0.15) is 13.2 Å². The number of aliphatic hydroxyl groups excluding tert-OH is 1. The van der Waals surface area contributed by atoms with Crippen LogP contribution in [-0.4, -0.2) is 42.8 Å². The van der Waals surface area contributed by atoms with E-state index in [1.165, 1.54) is 12.1 Å². The van der Waals surface area contributed by atoms with Crippen molar-refractivity contribution in [1.29, 1.82) is 0 Å². The van der Waals surface area contributed by atoms with Crippen LogP contribution in [0.15, 0.2) is 24.3 Å². The van der Waals surface area contributed by atoms with Gasteiger partial charge in [0.2, 0.25) is 0 Å². The van der Waals surface area contributed by atoms with Gasteiger partial charge in [0.25, 0.3) is 0 Å². The minimum Gasteiger partial charge on any atom is -0.394 e. The minimum atomic E-state index is -4.42. The summed E-state index contributed by atoms with van der Waals surface area (Å²) in [5, 5.41) is 13.1. The number of rotatable bonds is 3. The zero-order valence-electron chi connectivity index (χ0n) is 12.1. The Balaban J connectivity index is 2.44. The molecule has 2 N–H and O–H groups in total. The first-order valence-corrected chi connectivity index (χ1v) is 7.13. The molecule has 1 aromatic rings. The standard InChI is InChI=1S/C15H21F3N2O/c1-14(11-21,20-9-4-7-19-8-10-20)12-5-2-3-6-13(12)15(16,17)18/h2-3,5-6,19,21H,4,7-11H2,1H3. The van der Waals surface area contributed by atoms with E-state index < -0.39 is 17.3 Å². The van der Waals surface area contributed by atoms with Gasteiger partial charge in [0.05, 0.1) is 17.7 Å². The Morgan fingerprint density at radius 1 is 1.14 bits per heavy atom. The van der Waals surface area contributed by atoms with Crippen LogP contribution in [0.4, 0.5) is 13.2 Å². The molecule has 1 unspecified atom stereocenters. The Bertz CT molecular complexity index is 470. The summed E-state index contributed by atoms with van der Waals surface area (Å²) >= 11 is 0. The van der Waals surface area contributed by atoms with Crippen molar-refractivity contribution in [2.75, 3.05) is 32.8 Å². The van der Waals surface area contributed by atoms with Gasteiger partial charge in [0.1, 0.15) is 0 Å². The second kappa shape index (κ2) is 6.34. The molecule has 1 aromatic carbocycles. The molecule has 0 aromatic heterocycles. The van der Waals surface area contributed by atoms with Crippen molar-refractivity contribution in [3.63, 3.8) is 0 Å². The van der Waals surface area contributed by atoms with E-state index in [1.807, 2.05) is 4.90 Å². The lowest BCUT2D eigenvalue weighted by Gasteiger charge is -2.41. The minimum absolute atomic E-state index is 0.141. The van der Waals surface area contributed by atoms with Gasteiger partial charge in [-0.25, -0.2) is 0 Å². The Morgan fingerprint density at radius 2 is 1.81 bits per heavy atom. The first kappa shape index (κ1) is 16.3. The van der Waals surface area contributed by atoms with Crippen molar-refractivity contribution in [1.82, 2.24) is 10.2 Å². The summed E-state index contributed by atoms with van der Waals surface area (Å²) in [5.74, 6) is 0. The second-order valence-electron chi connectivity index (χ2n) is 5.57. The lowest BCUT2D eigenvalue weighted by molar-refractivity contribution is -0.140. The fourth-order valence-corrected chi connectivity index (χ4v) is 2.89. The van der Waals surface area contributed by atoms with Crippen molar-refractivity contribution in [2.24, 2.45) is 0 Å². The third-order valence-corrected chi connectivity index (χ3v) is 4.16. The molecule has 2 rings (SSSR count). The van der Waals surface area contributed by atoms with Gasteiger partial charge in [-0.05, 0) is 31.5 Å². The number of hydrogen-bond acceptors (Lipinski definition) is 3. The number of hydrogen-bond donors (Lipinski definition) is 2. The van der Waals surface area contributed by atoms with Crippen molar-refractivity contribution < 1.29 is 18.3 Å². The van der Waals surface area contributed by atoms with Crippen molar-refractivity contribution >= 4 is 0 Å². The first-order chi connectivity index (χ1) is 9.89.